The first-order valence-corrected chi connectivity index (χ1v) is 11.3. The Morgan fingerprint density at radius 3 is 2.03 bits per heavy atom. The van der Waals surface area contributed by atoms with E-state index in [0.717, 1.165) is 44.8 Å². The van der Waals surface area contributed by atoms with Gasteiger partial charge in [-0.15, -0.1) is 0 Å². The molecule has 4 aromatic carbocycles. The molecule has 0 atom stereocenters. The number of hydrogen-bond acceptors (Lipinski definition) is 3. The van der Waals surface area contributed by atoms with Crippen molar-refractivity contribution in [3.05, 3.63) is 138 Å². The second kappa shape index (κ2) is 10.5. The van der Waals surface area contributed by atoms with E-state index in [1.54, 1.807) is 0 Å². The Kier molecular flexibility index (Phi) is 6.63. The van der Waals surface area contributed by atoms with E-state index in [-0.39, 0.29) is 0 Å². The van der Waals surface area contributed by atoms with E-state index < -0.39 is 0 Å². The van der Waals surface area contributed by atoms with Gasteiger partial charge in [-0.05, 0) is 47.5 Å². The molecule has 5 aromatic rings. The van der Waals surface area contributed by atoms with Crippen LogP contribution in [0.3, 0.4) is 0 Å². The van der Waals surface area contributed by atoms with Crippen LogP contribution >= 0.6 is 0 Å². The molecule has 1 aromatic heterocycles. The van der Waals surface area contributed by atoms with Crippen molar-refractivity contribution in [1.29, 1.82) is 0 Å². The third kappa shape index (κ3) is 5.51. The zero-order chi connectivity index (χ0) is 23.0. The van der Waals surface area contributed by atoms with E-state index in [0.29, 0.717) is 13.2 Å². The number of nitrogens with zero attached hydrogens (tertiary/aromatic N) is 1. The van der Waals surface area contributed by atoms with Gasteiger partial charge >= 0.3 is 0 Å². The Labute approximate surface area is 200 Å². The summed E-state index contributed by atoms with van der Waals surface area (Å²) >= 11 is 0. The van der Waals surface area contributed by atoms with Crippen molar-refractivity contribution in [2.75, 3.05) is 0 Å². The van der Waals surface area contributed by atoms with Crippen LogP contribution in [0.15, 0.2) is 115 Å². The summed E-state index contributed by atoms with van der Waals surface area (Å²) in [5.74, 6) is 1.54. The number of para-hydroxylation sites is 1. The molecule has 0 bridgehead atoms. The van der Waals surface area contributed by atoms with E-state index in [1.807, 2.05) is 91.0 Å². The summed E-state index contributed by atoms with van der Waals surface area (Å²) in [4.78, 5) is 4.74. The molecular weight excluding hydrogens is 418 g/mol. The fraction of sp³-hybridized carbons (Fsp3) is 0.0645. The maximum Gasteiger partial charge on any atom is 0.130 e. The monoisotopic (exact) mass is 443 g/mol. The molecule has 0 amide bonds. The van der Waals surface area contributed by atoms with Gasteiger partial charge in [-0.2, -0.15) is 0 Å². The molecule has 166 valence electrons. The molecule has 0 spiro atoms. The lowest BCUT2D eigenvalue weighted by Crippen LogP contribution is -1.99. The number of aromatic nitrogens is 1. The summed E-state index contributed by atoms with van der Waals surface area (Å²) in [7, 11) is 0. The molecule has 0 aliphatic carbocycles. The number of pyridine rings is 1. The summed E-state index contributed by atoms with van der Waals surface area (Å²) in [6, 6.07) is 38.5. The fourth-order valence-corrected chi connectivity index (χ4v) is 3.69. The third-order valence-electron chi connectivity index (χ3n) is 5.52. The van der Waals surface area contributed by atoms with Gasteiger partial charge in [0.05, 0.1) is 11.2 Å². The second-order valence-corrected chi connectivity index (χ2v) is 8.01. The topological polar surface area (TPSA) is 31.4 Å². The smallest absolute Gasteiger partial charge is 0.130 e. The quantitative estimate of drug-likeness (QED) is 0.248. The van der Waals surface area contributed by atoms with Gasteiger partial charge < -0.3 is 9.47 Å². The number of rotatable bonds is 8. The molecule has 0 aliphatic rings. The minimum atomic E-state index is 0.484. The zero-order valence-corrected chi connectivity index (χ0v) is 18.8. The molecule has 0 saturated carbocycles. The number of benzene rings is 4. The molecule has 0 aliphatic heterocycles. The van der Waals surface area contributed by atoms with E-state index in [4.69, 9.17) is 14.5 Å². The van der Waals surface area contributed by atoms with Crippen LogP contribution in [0.1, 0.15) is 22.4 Å². The maximum absolute atomic E-state index is 6.22. The number of fused-ring (bicyclic) bond motifs is 1. The predicted molar refractivity (Wildman–Crippen MR) is 139 cm³/mol. The number of hydrogen-bond donors (Lipinski definition) is 0. The van der Waals surface area contributed by atoms with Crippen LogP contribution in [0.4, 0.5) is 0 Å². The Hall–Kier alpha value is -4.37. The van der Waals surface area contributed by atoms with Gasteiger partial charge in [0.25, 0.3) is 0 Å². The molecule has 0 N–H and O–H groups in total. The minimum absolute atomic E-state index is 0.484. The summed E-state index contributed by atoms with van der Waals surface area (Å²) in [5.41, 5.74) is 5.09. The fourth-order valence-electron chi connectivity index (χ4n) is 3.69. The summed E-state index contributed by atoms with van der Waals surface area (Å²) in [5, 5.41) is 1.13. The van der Waals surface area contributed by atoms with Crippen LogP contribution < -0.4 is 9.47 Å². The Bertz CT molecular complexity index is 1400. The van der Waals surface area contributed by atoms with Crippen molar-refractivity contribution in [3.63, 3.8) is 0 Å². The van der Waals surface area contributed by atoms with Crippen LogP contribution in [0.2, 0.25) is 0 Å². The van der Waals surface area contributed by atoms with Gasteiger partial charge in [0.2, 0.25) is 0 Å². The average Bonchev–Trinajstić information content (AvgIpc) is 2.91. The standard InChI is InChI=1S/C31H25NO2/c1-3-9-24(10-4-1)22-33-29-20-17-27(31(21-29)34-23-25-11-5-2-6-12-25)16-19-28-18-15-26-13-7-8-14-30(26)32-28/h1-21H,22-23H2. The molecular formula is C31H25NO2. The first kappa shape index (κ1) is 21.5. The molecule has 3 nitrogen and oxygen atoms in total. The lowest BCUT2D eigenvalue weighted by molar-refractivity contribution is 0.289. The Morgan fingerprint density at radius 2 is 1.26 bits per heavy atom. The van der Waals surface area contributed by atoms with Gasteiger partial charge in [-0.1, -0.05) is 84.9 Å². The number of ether oxygens (including phenoxy) is 2. The molecule has 0 unspecified atom stereocenters. The summed E-state index contributed by atoms with van der Waals surface area (Å²) in [6.45, 7) is 0.993. The van der Waals surface area contributed by atoms with Gasteiger partial charge in [0.1, 0.15) is 24.7 Å². The Morgan fingerprint density at radius 1 is 0.588 bits per heavy atom. The van der Waals surface area contributed by atoms with Gasteiger partial charge in [-0.3, -0.25) is 0 Å². The first-order chi connectivity index (χ1) is 16.8. The Balaban J connectivity index is 1.38. The van der Waals surface area contributed by atoms with E-state index in [1.165, 1.54) is 0 Å². The highest BCUT2D eigenvalue weighted by Crippen LogP contribution is 2.28. The lowest BCUT2D eigenvalue weighted by atomic mass is 10.1. The minimum Gasteiger partial charge on any atom is -0.489 e. The third-order valence-corrected chi connectivity index (χ3v) is 5.52. The first-order valence-electron chi connectivity index (χ1n) is 11.3. The molecule has 34 heavy (non-hydrogen) atoms. The SMILES string of the molecule is C(=Cc1ccc(OCc2ccccc2)cc1OCc1ccccc1)c1ccc2ccccc2n1. The van der Waals surface area contributed by atoms with Crippen molar-refractivity contribution < 1.29 is 9.47 Å². The van der Waals surface area contributed by atoms with E-state index in [9.17, 15) is 0 Å². The van der Waals surface area contributed by atoms with Crippen LogP contribution in [0.5, 0.6) is 11.5 Å². The normalized spacial score (nSPS) is 11.1. The molecule has 0 radical (unpaired) electrons. The predicted octanol–water partition coefficient (Wildman–Crippen LogP) is 7.56. The highest BCUT2D eigenvalue weighted by molar-refractivity contribution is 5.81. The molecule has 1 heterocycles. The van der Waals surface area contributed by atoms with Crippen LogP contribution in [-0.4, -0.2) is 4.98 Å². The van der Waals surface area contributed by atoms with E-state index >= 15 is 0 Å². The highest BCUT2D eigenvalue weighted by atomic mass is 16.5. The molecule has 5 rings (SSSR count). The average molecular weight is 444 g/mol. The van der Waals surface area contributed by atoms with Gasteiger partial charge in [0, 0.05) is 17.0 Å². The maximum atomic E-state index is 6.22. The van der Waals surface area contributed by atoms with Crippen LogP contribution in [0, 0.1) is 0 Å². The van der Waals surface area contributed by atoms with Gasteiger partial charge in [0.15, 0.2) is 0 Å². The van der Waals surface area contributed by atoms with Crippen LogP contribution in [0.25, 0.3) is 23.1 Å². The van der Waals surface area contributed by atoms with Crippen molar-refractivity contribution in [2.45, 2.75) is 13.2 Å². The van der Waals surface area contributed by atoms with Gasteiger partial charge in [-0.25, -0.2) is 4.98 Å². The molecule has 3 heteroatoms. The lowest BCUT2D eigenvalue weighted by Gasteiger charge is -2.13. The zero-order valence-electron chi connectivity index (χ0n) is 18.8. The highest BCUT2D eigenvalue weighted by Gasteiger charge is 2.06. The van der Waals surface area contributed by atoms with Crippen molar-refractivity contribution in [1.82, 2.24) is 4.98 Å². The second-order valence-electron chi connectivity index (χ2n) is 8.01. The van der Waals surface area contributed by atoms with Crippen molar-refractivity contribution >= 4 is 23.1 Å². The summed E-state index contributed by atoms with van der Waals surface area (Å²) in [6.07, 6.45) is 4.06. The van der Waals surface area contributed by atoms with Crippen molar-refractivity contribution in [2.24, 2.45) is 0 Å². The molecule has 0 fully saturated rings. The molecule has 0 saturated heterocycles. The largest absolute Gasteiger partial charge is 0.489 e. The van der Waals surface area contributed by atoms with E-state index in [2.05, 4.69) is 36.4 Å². The summed E-state index contributed by atoms with van der Waals surface area (Å²) < 4.78 is 12.3. The van der Waals surface area contributed by atoms with Crippen molar-refractivity contribution in [3.8, 4) is 11.5 Å². The van der Waals surface area contributed by atoms with Crippen LogP contribution in [-0.2, 0) is 13.2 Å².